The molecule has 0 N–H and O–H groups in total. The lowest BCUT2D eigenvalue weighted by Crippen LogP contribution is -1.86. The highest BCUT2D eigenvalue weighted by atomic mass is 16.5. The molecular weight excluding hydrogens is 418 g/mol. The molecule has 3 heterocycles. The summed E-state index contributed by atoms with van der Waals surface area (Å²) in [6.45, 7) is 0. The number of imidazole rings is 2. The zero-order valence-corrected chi connectivity index (χ0v) is 18.5. The summed E-state index contributed by atoms with van der Waals surface area (Å²) in [4.78, 5) is 5.07. The molecule has 0 fully saturated rings. The molecule has 0 aliphatic carbocycles. The second-order valence-electron chi connectivity index (χ2n) is 8.91. The van der Waals surface area contributed by atoms with E-state index in [0.717, 1.165) is 22.6 Å². The number of rotatable bonds is 2. The number of ether oxygens (including phenoxy) is 1. The van der Waals surface area contributed by atoms with Crippen molar-refractivity contribution in [1.82, 2.24) is 13.8 Å². The predicted molar refractivity (Wildman–Crippen MR) is 139 cm³/mol. The third-order valence-corrected chi connectivity index (χ3v) is 7.12. The van der Waals surface area contributed by atoms with E-state index < -0.39 is 0 Å². The van der Waals surface area contributed by atoms with Crippen LogP contribution in [0.1, 0.15) is 0 Å². The Kier molecular flexibility index (Phi) is 3.30. The third kappa shape index (κ3) is 2.20. The van der Waals surface area contributed by atoms with Crippen LogP contribution in [0.4, 0.5) is 0 Å². The number of fused-ring (bicyclic) bond motifs is 9. The fraction of sp³-hybridized carbons (Fsp3) is 0.0333. The van der Waals surface area contributed by atoms with E-state index in [1.807, 2.05) is 12.1 Å². The van der Waals surface area contributed by atoms with Gasteiger partial charge in [0.15, 0.2) is 0 Å². The minimum Gasteiger partial charge on any atom is -0.497 e. The Bertz CT molecular complexity index is 2040. The molecule has 8 rings (SSSR count). The van der Waals surface area contributed by atoms with Gasteiger partial charge in [0.1, 0.15) is 5.75 Å². The van der Waals surface area contributed by atoms with Crippen LogP contribution in [-0.4, -0.2) is 20.9 Å². The number of nitrogens with zero attached hydrogens (tertiary/aromatic N) is 3. The van der Waals surface area contributed by atoms with Crippen LogP contribution in [0.3, 0.4) is 0 Å². The van der Waals surface area contributed by atoms with Crippen LogP contribution >= 0.6 is 0 Å². The standard InChI is InChI=1S/C30H19N3O/c1-34-22-12-10-18(11-13-22)21-15-24-23-14-19-6-2-3-7-20(19)16-27(23)33-29(24)28(17-21)32-26-9-5-4-8-25(26)31-30(32)33/h2-17H,1H3. The largest absolute Gasteiger partial charge is 0.497 e. The topological polar surface area (TPSA) is 30.9 Å². The van der Waals surface area contributed by atoms with E-state index in [9.17, 15) is 0 Å². The maximum atomic E-state index is 5.38. The van der Waals surface area contributed by atoms with Crippen molar-refractivity contribution in [3.63, 3.8) is 0 Å². The fourth-order valence-electron chi connectivity index (χ4n) is 5.54. The van der Waals surface area contributed by atoms with E-state index >= 15 is 0 Å². The SMILES string of the molecule is COc1ccc(-c2cc3c4cc5ccccc5cc4n4c3c(c2)n2c3ccccc3nc24)cc1. The summed E-state index contributed by atoms with van der Waals surface area (Å²) in [5, 5.41) is 4.99. The number of hydrogen-bond acceptors (Lipinski definition) is 2. The van der Waals surface area contributed by atoms with Gasteiger partial charge in [0, 0.05) is 10.8 Å². The fourth-order valence-corrected chi connectivity index (χ4v) is 5.54. The van der Waals surface area contributed by atoms with Crippen molar-refractivity contribution in [2.24, 2.45) is 0 Å². The summed E-state index contributed by atoms with van der Waals surface area (Å²) in [6.07, 6.45) is 0. The molecule has 0 aliphatic heterocycles. The first-order valence-electron chi connectivity index (χ1n) is 11.4. The molecule has 0 spiro atoms. The van der Waals surface area contributed by atoms with Crippen molar-refractivity contribution in [3.05, 3.63) is 97.1 Å². The number of hydrogen-bond donors (Lipinski definition) is 0. The first-order valence-corrected chi connectivity index (χ1v) is 11.4. The Labute approximate surface area is 194 Å². The zero-order chi connectivity index (χ0) is 22.4. The number of benzene rings is 5. The number of methoxy groups -OCH3 is 1. The van der Waals surface area contributed by atoms with Crippen molar-refractivity contribution in [2.75, 3.05) is 7.11 Å². The van der Waals surface area contributed by atoms with Crippen LogP contribution < -0.4 is 4.74 Å². The molecule has 4 heteroatoms. The molecule has 0 bridgehead atoms. The molecule has 0 unspecified atom stereocenters. The van der Waals surface area contributed by atoms with Gasteiger partial charge in [-0.3, -0.25) is 8.80 Å². The first-order chi connectivity index (χ1) is 16.8. The zero-order valence-electron chi connectivity index (χ0n) is 18.5. The number of para-hydroxylation sites is 2. The molecule has 5 aromatic carbocycles. The molecule has 0 aliphatic rings. The lowest BCUT2D eigenvalue weighted by atomic mass is 10.0. The van der Waals surface area contributed by atoms with Crippen LogP contribution in [0.15, 0.2) is 97.1 Å². The molecule has 0 saturated carbocycles. The quantitative estimate of drug-likeness (QED) is 0.284. The Hall–Kier alpha value is -4.57. The van der Waals surface area contributed by atoms with Gasteiger partial charge < -0.3 is 4.74 Å². The average Bonchev–Trinajstić information content (AvgIpc) is 3.52. The van der Waals surface area contributed by atoms with E-state index in [1.54, 1.807) is 7.11 Å². The van der Waals surface area contributed by atoms with Crippen molar-refractivity contribution in [3.8, 4) is 16.9 Å². The summed E-state index contributed by atoms with van der Waals surface area (Å²) in [5.74, 6) is 1.82. The van der Waals surface area contributed by atoms with Gasteiger partial charge >= 0.3 is 0 Å². The van der Waals surface area contributed by atoms with Crippen molar-refractivity contribution in [2.45, 2.75) is 0 Å². The maximum Gasteiger partial charge on any atom is 0.220 e. The van der Waals surface area contributed by atoms with Gasteiger partial charge in [0.25, 0.3) is 0 Å². The number of aromatic nitrogens is 3. The van der Waals surface area contributed by atoms with Gasteiger partial charge in [-0.05, 0) is 70.4 Å². The second kappa shape index (κ2) is 6.27. The summed E-state index contributed by atoms with van der Waals surface area (Å²) in [7, 11) is 1.70. The third-order valence-electron chi connectivity index (χ3n) is 7.12. The Balaban J connectivity index is 1.61. The molecule has 0 atom stereocenters. The molecule has 0 radical (unpaired) electrons. The molecule has 0 amide bonds. The summed E-state index contributed by atoms with van der Waals surface area (Å²) in [5.41, 5.74) is 8.07. The molecule has 3 aromatic heterocycles. The molecule has 4 nitrogen and oxygen atoms in total. The van der Waals surface area contributed by atoms with Gasteiger partial charge in [0.2, 0.25) is 5.78 Å². The lowest BCUT2D eigenvalue weighted by Gasteiger charge is -2.06. The Morgan fingerprint density at radius 3 is 2.21 bits per heavy atom. The molecule has 34 heavy (non-hydrogen) atoms. The van der Waals surface area contributed by atoms with E-state index in [1.165, 1.54) is 49.2 Å². The van der Waals surface area contributed by atoms with Gasteiger partial charge in [-0.25, -0.2) is 4.98 Å². The van der Waals surface area contributed by atoms with Crippen LogP contribution in [0.5, 0.6) is 5.75 Å². The predicted octanol–water partition coefficient (Wildman–Crippen LogP) is 7.31. The van der Waals surface area contributed by atoms with E-state index in [0.29, 0.717) is 0 Å². The smallest absolute Gasteiger partial charge is 0.220 e. The van der Waals surface area contributed by atoms with Crippen molar-refractivity contribution < 1.29 is 4.74 Å². The summed E-state index contributed by atoms with van der Waals surface area (Å²) >= 11 is 0. The highest BCUT2D eigenvalue weighted by molar-refractivity contribution is 6.19. The van der Waals surface area contributed by atoms with Gasteiger partial charge in [0.05, 0.1) is 34.7 Å². The molecule has 160 valence electrons. The van der Waals surface area contributed by atoms with E-state index in [4.69, 9.17) is 9.72 Å². The Morgan fingerprint density at radius 1 is 0.618 bits per heavy atom. The van der Waals surface area contributed by atoms with Crippen LogP contribution in [0, 0.1) is 0 Å². The van der Waals surface area contributed by atoms with E-state index in [-0.39, 0.29) is 0 Å². The minimum absolute atomic E-state index is 0.861. The van der Waals surface area contributed by atoms with Crippen molar-refractivity contribution >= 4 is 54.9 Å². The first kappa shape index (κ1) is 17.9. The molecular formula is C30H19N3O. The Morgan fingerprint density at radius 2 is 1.38 bits per heavy atom. The van der Waals surface area contributed by atoms with Crippen LogP contribution in [0.2, 0.25) is 0 Å². The monoisotopic (exact) mass is 437 g/mol. The van der Waals surface area contributed by atoms with Gasteiger partial charge in [-0.15, -0.1) is 0 Å². The average molecular weight is 438 g/mol. The highest BCUT2D eigenvalue weighted by Crippen LogP contribution is 2.40. The van der Waals surface area contributed by atoms with Gasteiger partial charge in [-0.2, -0.15) is 0 Å². The van der Waals surface area contributed by atoms with Gasteiger partial charge in [-0.1, -0.05) is 48.5 Å². The molecule has 8 aromatic rings. The lowest BCUT2D eigenvalue weighted by molar-refractivity contribution is 0.415. The van der Waals surface area contributed by atoms with Crippen molar-refractivity contribution in [1.29, 1.82) is 0 Å². The van der Waals surface area contributed by atoms with Crippen LogP contribution in [0.25, 0.3) is 66.0 Å². The van der Waals surface area contributed by atoms with E-state index in [2.05, 4.69) is 93.7 Å². The normalized spacial score (nSPS) is 12.3. The molecule has 0 saturated heterocycles. The summed E-state index contributed by atoms with van der Waals surface area (Å²) < 4.78 is 10.0. The maximum absolute atomic E-state index is 5.38. The highest BCUT2D eigenvalue weighted by Gasteiger charge is 2.22. The van der Waals surface area contributed by atoms with Crippen LogP contribution in [-0.2, 0) is 0 Å². The minimum atomic E-state index is 0.861. The second-order valence-corrected chi connectivity index (χ2v) is 8.91. The summed E-state index contributed by atoms with van der Waals surface area (Å²) in [6, 6.07) is 34.5.